The molecule has 3 rings (SSSR count). The molecule has 0 amide bonds. The molecule has 1 heterocycles. The summed E-state index contributed by atoms with van der Waals surface area (Å²) < 4.78 is 15.7. The number of carbonyl (C=O) groups excluding carboxylic acids is 2. The van der Waals surface area contributed by atoms with Gasteiger partial charge in [-0.1, -0.05) is 24.3 Å². The Labute approximate surface area is 170 Å². The average Bonchev–Trinajstić information content (AvgIpc) is 2.73. The third kappa shape index (κ3) is 3.75. The van der Waals surface area contributed by atoms with Crippen molar-refractivity contribution in [3.8, 4) is 16.9 Å². The van der Waals surface area contributed by atoms with Gasteiger partial charge in [-0.3, -0.25) is 4.99 Å². The van der Waals surface area contributed by atoms with E-state index >= 15 is 0 Å². The molecule has 2 aromatic rings. The second kappa shape index (κ2) is 8.47. The molecular weight excluding hydrogens is 370 g/mol. The second-order valence-electron chi connectivity index (χ2n) is 6.79. The predicted octanol–water partition coefficient (Wildman–Crippen LogP) is 3.51. The standard InChI is InChI=1S/C23H25NO5/c1-5-28-21(25)23(22(26)29-6-2)13-19-17(14-24-23)8-7-9-18(19)16-10-11-20(27-4)15(3)12-16/h7-12,14H,5-6,13H2,1-4H3. The summed E-state index contributed by atoms with van der Waals surface area (Å²) in [5.74, 6) is -0.588. The summed E-state index contributed by atoms with van der Waals surface area (Å²) in [6, 6.07) is 11.7. The summed E-state index contributed by atoms with van der Waals surface area (Å²) in [5.41, 5.74) is 2.88. The lowest BCUT2D eigenvalue weighted by molar-refractivity contribution is -0.163. The largest absolute Gasteiger partial charge is 0.496 e. The number of hydrogen-bond acceptors (Lipinski definition) is 6. The normalized spacial score (nSPS) is 14.1. The van der Waals surface area contributed by atoms with E-state index in [4.69, 9.17) is 14.2 Å². The number of nitrogens with zero attached hydrogens (tertiary/aromatic N) is 1. The molecule has 0 saturated heterocycles. The van der Waals surface area contributed by atoms with Crippen molar-refractivity contribution >= 4 is 18.2 Å². The lowest BCUT2D eigenvalue weighted by Crippen LogP contribution is -2.50. The van der Waals surface area contributed by atoms with Gasteiger partial charge in [0, 0.05) is 12.6 Å². The molecule has 0 spiro atoms. The number of aliphatic imine (C=N–C) groups is 1. The zero-order valence-electron chi connectivity index (χ0n) is 17.2. The maximum absolute atomic E-state index is 12.8. The minimum absolute atomic E-state index is 0.0811. The molecule has 0 saturated carbocycles. The first-order valence-electron chi connectivity index (χ1n) is 9.63. The number of carbonyl (C=O) groups is 2. The molecule has 0 N–H and O–H groups in total. The molecule has 152 valence electrons. The highest BCUT2D eigenvalue weighted by Gasteiger charge is 2.51. The Hall–Kier alpha value is -3.15. The fraction of sp³-hybridized carbons (Fsp3) is 0.348. The van der Waals surface area contributed by atoms with Crippen molar-refractivity contribution < 1.29 is 23.8 Å². The van der Waals surface area contributed by atoms with Crippen molar-refractivity contribution in [3.05, 3.63) is 53.1 Å². The van der Waals surface area contributed by atoms with Crippen LogP contribution < -0.4 is 4.74 Å². The summed E-state index contributed by atoms with van der Waals surface area (Å²) in [5, 5.41) is 0. The molecule has 0 unspecified atom stereocenters. The number of aryl methyl sites for hydroxylation is 1. The molecule has 0 fully saturated rings. The van der Waals surface area contributed by atoms with Gasteiger partial charge in [-0.15, -0.1) is 0 Å². The van der Waals surface area contributed by atoms with Gasteiger partial charge in [-0.2, -0.15) is 0 Å². The van der Waals surface area contributed by atoms with Crippen LogP contribution in [0, 0.1) is 6.92 Å². The summed E-state index contributed by atoms with van der Waals surface area (Å²) in [6.07, 6.45) is 1.64. The molecule has 6 heteroatoms. The molecule has 1 aliphatic rings. The van der Waals surface area contributed by atoms with E-state index in [9.17, 15) is 9.59 Å². The van der Waals surface area contributed by atoms with E-state index in [2.05, 4.69) is 4.99 Å². The minimum atomic E-state index is -1.73. The van der Waals surface area contributed by atoms with E-state index in [0.29, 0.717) is 0 Å². The Morgan fingerprint density at radius 2 is 1.76 bits per heavy atom. The first kappa shape index (κ1) is 20.6. The van der Waals surface area contributed by atoms with E-state index in [1.54, 1.807) is 27.2 Å². The number of methoxy groups -OCH3 is 1. The van der Waals surface area contributed by atoms with Crippen LogP contribution in [0.4, 0.5) is 0 Å². The first-order valence-corrected chi connectivity index (χ1v) is 9.63. The number of rotatable bonds is 6. The summed E-state index contributed by atoms with van der Waals surface area (Å²) in [7, 11) is 1.63. The van der Waals surface area contributed by atoms with Gasteiger partial charge in [0.2, 0.25) is 0 Å². The topological polar surface area (TPSA) is 74.2 Å². The van der Waals surface area contributed by atoms with Crippen LogP contribution >= 0.6 is 0 Å². The first-order chi connectivity index (χ1) is 14.0. The van der Waals surface area contributed by atoms with Crippen molar-refractivity contribution in [2.45, 2.75) is 32.7 Å². The Morgan fingerprint density at radius 3 is 2.34 bits per heavy atom. The third-order valence-corrected chi connectivity index (χ3v) is 5.00. The van der Waals surface area contributed by atoms with Crippen molar-refractivity contribution in [3.63, 3.8) is 0 Å². The monoisotopic (exact) mass is 395 g/mol. The number of esters is 2. The van der Waals surface area contributed by atoms with Gasteiger partial charge >= 0.3 is 11.9 Å². The molecule has 2 aromatic carbocycles. The van der Waals surface area contributed by atoms with Gasteiger partial charge in [-0.25, -0.2) is 9.59 Å². The van der Waals surface area contributed by atoms with Crippen LogP contribution in [0.2, 0.25) is 0 Å². The molecule has 0 atom stereocenters. The van der Waals surface area contributed by atoms with Gasteiger partial charge in [0.05, 0.1) is 20.3 Å². The van der Waals surface area contributed by atoms with E-state index < -0.39 is 17.5 Å². The number of fused-ring (bicyclic) bond motifs is 1. The highest BCUT2D eigenvalue weighted by molar-refractivity contribution is 6.09. The van der Waals surface area contributed by atoms with E-state index in [1.807, 2.05) is 43.3 Å². The smallest absolute Gasteiger partial charge is 0.346 e. The molecular formula is C23H25NO5. The highest BCUT2D eigenvalue weighted by atomic mass is 16.6. The van der Waals surface area contributed by atoms with E-state index in [-0.39, 0.29) is 19.6 Å². The van der Waals surface area contributed by atoms with E-state index in [1.165, 1.54) is 0 Å². The van der Waals surface area contributed by atoms with Crippen molar-refractivity contribution in [1.82, 2.24) is 0 Å². The highest BCUT2D eigenvalue weighted by Crippen LogP contribution is 2.36. The summed E-state index contributed by atoms with van der Waals surface area (Å²) in [6.45, 7) is 5.68. The van der Waals surface area contributed by atoms with Crippen molar-refractivity contribution in [2.75, 3.05) is 20.3 Å². The molecule has 6 nitrogen and oxygen atoms in total. The van der Waals surface area contributed by atoms with Crippen LogP contribution in [0.1, 0.15) is 30.5 Å². The van der Waals surface area contributed by atoms with Gasteiger partial charge in [0.25, 0.3) is 5.54 Å². The Morgan fingerprint density at radius 1 is 1.07 bits per heavy atom. The fourth-order valence-electron chi connectivity index (χ4n) is 3.55. The number of ether oxygens (including phenoxy) is 3. The Kier molecular flexibility index (Phi) is 6.01. The van der Waals surface area contributed by atoms with Gasteiger partial charge < -0.3 is 14.2 Å². The fourth-order valence-corrected chi connectivity index (χ4v) is 3.55. The predicted molar refractivity (Wildman–Crippen MR) is 110 cm³/mol. The number of benzene rings is 2. The Bertz CT molecular complexity index is 946. The van der Waals surface area contributed by atoms with Crippen LogP contribution in [0.15, 0.2) is 41.4 Å². The van der Waals surface area contributed by atoms with Crippen LogP contribution in [0.3, 0.4) is 0 Å². The Balaban J connectivity index is 2.11. The van der Waals surface area contributed by atoms with Crippen molar-refractivity contribution in [2.24, 2.45) is 4.99 Å². The number of hydrogen-bond donors (Lipinski definition) is 0. The summed E-state index contributed by atoms with van der Waals surface area (Å²) in [4.78, 5) is 29.9. The maximum atomic E-state index is 12.8. The van der Waals surface area contributed by atoms with Crippen LogP contribution in [0.5, 0.6) is 5.75 Å². The quantitative estimate of drug-likeness (QED) is 0.553. The second-order valence-corrected chi connectivity index (χ2v) is 6.79. The van der Waals surface area contributed by atoms with Crippen LogP contribution in [-0.4, -0.2) is 44.0 Å². The minimum Gasteiger partial charge on any atom is -0.496 e. The lowest BCUT2D eigenvalue weighted by Gasteiger charge is -2.30. The van der Waals surface area contributed by atoms with Gasteiger partial charge in [0.15, 0.2) is 0 Å². The maximum Gasteiger partial charge on any atom is 0.346 e. The third-order valence-electron chi connectivity index (χ3n) is 5.00. The van der Waals surface area contributed by atoms with E-state index in [0.717, 1.165) is 33.6 Å². The van der Waals surface area contributed by atoms with Crippen molar-refractivity contribution in [1.29, 1.82) is 0 Å². The van der Waals surface area contributed by atoms with Crippen LogP contribution in [-0.2, 0) is 25.5 Å². The summed E-state index contributed by atoms with van der Waals surface area (Å²) >= 11 is 0. The molecule has 29 heavy (non-hydrogen) atoms. The molecule has 0 aliphatic carbocycles. The molecule has 0 aromatic heterocycles. The SMILES string of the molecule is CCOC(=O)C1(C(=O)OCC)Cc2c(cccc2-c2ccc(OC)c(C)c2)C=N1. The van der Waals surface area contributed by atoms with Crippen LogP contribution in [0.25, 0.3) is 11.1 Å². The molecule has 0 bridgehead atoms. The van der Waals surface area contributed by atoms with Gasteiger partial charge in [0.1, 0.15) is 5.75 Å². The zero-order valence-corrected chi connectivity index (χ0v) is 17.2. The molecule has 1 aliphatic heterocycles. The average molecular weight is 395 g/mol. The zero-order chi connectivity index (χ0) is 21.0. The lowest BCUT2D eigenvalue weighted by atomic mass is 9.82. The van der Waals surface area contributed by atoms with Gasteiger partial charge in [-0.05, 0) is 60.7 Å². The molecule has 0 radical (unpaired) electrons.